The summed E-state index contributed by atoms with van der Waals surface area (Å²) in [5.41, 5.74) is 1.72. The lowest BCUT2D eigenvalue weighted by molar-refractivity contribution is -0.120. The molecule has 5 nitrogen and oxygen atoms in total. The summed E-state index contributed by atoms with van der Waals surface area (Å²) in [6.45, 7) is 6.50. The van der Waals surface area contributed by atoms with Crippen molar-refractivity contribution in [3.63, 3.8) is 0 Å². The second kappa shape index (κ2) is 10.4. The molecular formula is C21H27N3O2. The van der Waals surface area contributed by atoms with Crippen molar-refractivity contribution in [2.75, 3.05) is 26.2 Å². The van der Waals surface area contributed by atoms with Crippen LogP contribution in [-0.2, 0) is 4.79 Å². The SMILES string of the molecule is CCN(CC)C(CNC(=O)CNC(=O)c1ccccc1)c1ccccc1. The number of hydrogen-bond acceptors (Lipinski definition) is 3. The summed E-state index contributed by atoms with van der Waals surface area (Å²) in [5.74, 6) is -0.438. The van der Waals surface area contributed by atoms with E-state index in [1.54, 1.807) is 24.3 Å². The Bertz CT molecular complexity index is 685. The maximum atomic E-state index is 12.2. The fraction of sp³-hybridized carbons (Fsp3) is 0.333. The molecule has 26 heavy (non-hydrogen) atoms. The van der Waals surface area contributed by atoms with Crippen LogP contribution >= 0.6 is 0 Å². The second-order valence-corrected chi connectivity index (χ2v) is 6.00. The Morgan fingerprint density at radius 3 is 2.04 bits per heavy atom. The minimum atomic E-state index is -0.246. The van der Waals surface area contributed by atoms with Crippen LogP contribution < -0.4 is 10.6 Å². The van der Waals surface area contributed by atoms with Crippen LogP contribution in [0.2, 0.25) is 0 Å². The first-order valence-electron chi connectivity index (χ1n) is 9.04. The predicted molar refractivity (Wildman–Crippen MR) is 104 cm³/mol. The highest BCUT2D eigenvalue weighted by atomic mass is 16.2. The van der Waals surface area contributed by atoms with Crippen molar-refractivity contribution < 1.29 is 9.59 Å². The molecule has 1 unspecified atom stereocenters. The molecule has 2 aromatic carbocycles. The van der Waals surface area contributed by atoms with Crippen LogP contribution in [0.4, 0.5) is 0 Å². The van der Waals surface area contributed by atoms with Gasteiger partial charge in [0.05, 0.1) is 12.6 Å². The van der Waals surface area contributed by atoms with Gasteiger partial charge in [-0.1, -0.05) is 62.4 Å². The van der Waals surface area contributed by atoms with E-state index in [4.69, 9.17) is 0 Å². The molecule has 0 aliphatic heterocycles. The molecule has 0 bridgehead atoms. The Labute approximate surface area is 155 Å². The lowest BCUT2D eigenvalue weighted by atomic mass is 10.1. The molecule has 2 amide bonds. The highest BCUT2D eigenvalue weighted by Gasteiger charge is 2.18. The first-order chi connectivity index (χ1) is 12.7. The average molecular weight is 353 g/mol. The normalized spacial score (nSPS) is 11.8. The third-order valence-electron chi connectivity index (χ3n) is 4.38. The molecule has 0 radical (unpaired) electrons. The van der Waals surface area contributed by atoms with Gasteiger partial charge < -0.3 is 10.6 Å². The number of nitrogens with zero attached hydrogens (tertiary/aromatic N) is 1. The van der Waals surface area contributed by atoms with E-state index in [0.29, 0.717) is 12.1 Å². The summed E-state index contributed by atoms with van der Waals surface area (Å²) >= 11 is 0. The minimum absolute atomic E-state index is 0.0342. The molecule has 0 saturated carbocycles. The quantitative estimate of drug-likeness (QED) is 0.728. The van der Waals surface area contributed by atoms with Gasteiger partial charge in [-0.15, -0.1) is 0 Å². The van der Waals surface area contributed by atoms with E-state index in [1.165, 1.54) is 5.56 Å². The number of hydrogen-bond donors (Lipinski definition) is 2. The number of carbonyl (C=O) groups is 2. The smallest absolute Gasteiger partial charge is 0.251 e. The van der Waals surface area contributed by atoms with Gasteiger partial charge in [-0.3, -0.25) is 14.5 Å². The largest absolute Gasteiger partial charge is 0.353 e. The number of amides is 2. The van der Waals surface area contributed by atoms with Crippen LogP contribution in [0.5, 0.6) is 0 Å². The zero-order valence-corrected chi connectivity index (χ0v) is 15.4. The van der Waals surface area contributed by atoms with E-state index in [1.807, 2.05) is 24.3 Å². The van der Waals surface area contributed by atoms with Crippen molar-refractivity contribution in [2.24, 2.45) is 0 Å². The lowest BCUT2D eigenvalue weighted by Crippen LogP contribution is -2.42. The molecule has 0 heterocycles. The Morgan fingerprint density at radius 1 is 0.885 bits per heavy atom. The number of benzene rings is 2. The summed E-state index contributed by atoms with van der Waals surface area (Å²) in [6, 6.07) is 19.1. The van der Waals surface area contributed by atoms with Gasteiger partial charge >= 0.3 is 0 Å². The van der Waals surface area contributed by atoms with Crippen molar-refractivity contribution in [2.45, 2.75) is 19.9 Å². The Kier molecular flexibility index (Phi) is 7.83. The van der Waals surface area contributed by atoms with Gasteiger partial charge in [0.15, 0.2) is 0 Å². The third-order valence-corrected chi connectivity index (χ3v) is 4.38. The molecule has 0 aliphatic carbocycles. The van der Waals surface area contributed by atoms with E-state index in [-0.39, 0.29) is 24.4 Å². The molecule has 0 spiro atoms. The number of likely N-dealkylation sites (N-methyl/N-ethyl adjacent to an activating group) is 1. The summed E-state index contributed by atoms with van der Waals surface area (Å²) in [7, 11) is 0. The molecule has 2 N–H and O–H groups in total. The maximum Gasteiger partial charge on any atom is 0.251 e. The molecule has 0 aromatic heterocycles. The van der Waals surface area contributed by atoms with Gasteiger partial charge in [0.25, 0.3) is 5.91 Å². The second-order valence-electron chi connectivity index (χ2n) is 6.00. The Balaban J connectivity index is 1.89. The molecule has 0 saturated heterocycles. The van der Waals surface area contributed by atoms with Gasteiger partial charge in [-0.25, -0.2) is 0 Å². The Hall–Kier alpha value is -2.66. The standard InChI is InChI=1S/C21H27N3O2/c1-3-24(4-2)19(17-11-7-5-8-12-17)15-22-20(25)16-23-21(26)18-13-9-6-10-14-18/h5-14,19H,3-4,15-16H2,1-2H3,(H,22,25)(H,23,26). The first-order valence-corrected chi connectivity index (χ1v) is 9.04. The minimum Gasteiger partial charge on any atom is -0.353 e. The van der Waals surface area contributed by atoms with Gasteiger partial charge in [-0.05, 0) is 30.8 Å². The van der Waals surface area contributed by atoms with Gasteiger partial charge in [-0.2, -0.15) is 0 Å². The molecule has 138 valence electrons. The summed E-state index contributed by atoms with van der Waals surface area (Å²) in [6.07, 6.45) is 0. The summed E-state index contributed by atoms with van der Waals surface area (Å²) < 4.78 is 0. The van der Waals surface area contributed by atoms with Gasteiger partial charge in [0.1, 0.15) is 0 Å². The monoisotopic (exact) mass is 353 g/mol. The fourth-order valence-electron chi connectivity index (χ4n) is 2.92. The summed E-state index contributed by atoms with van der Waals surface area (Å²) in [4.78, 5) is 26.5. The van der Waals surface area contributed by atoms with E-state index in [0.717, 1.165) is 13.1 Å². The molecule has 2 rings (SSSR count). The van der Waals surface area contributed by atoms with Crippen LogP contribution in [0, 0.1) is 0 Å². The van der Waals surface area contributed by atoms with Crippen molar-refractivity contribution in [3.8, 4) is 0 Å². The van der Waals surface area contributed by atoms with Crippen molar-refractivity contribution in [1.29, 1.82) is 0 Å². The van der Waals surface area contributed by atoms with Crippen molar-refractivity contribution in [3.05, 3.63) is 71.8 Å². The molecule has 0 aliphatic rings. The van der Waals surface area contributed by atoms with E-state index in [9.17, 15) is 9.59 Å². The maximum absolute atomic E-state index is 12.2. The number of carbonyl (C=O) groups excluding carboxylic acids is 2. The fourth-order valence-corrected chi connectivity index (χ4v) is 2.92. The zero-order chi connectivity index (χ0) is 18.8. The van der Waals surface area contributed by atoms with Crippen LogP contribution in [-0.4, -0.2) is 42.9 Å². The predicted octanol–water partition coefficient (Wildman–Crippen LogP) is 2.62. The molecular weight excluding hydrogens is 326 g/mol. The van der Waals surface area contributed by atoms with Crippen LogP contribution in [0.15, 0.2) is 60.7 Å². The number of nitrogens with one attached hydrogen (secondary N) is 2. The van der Waals surface area contributed by atoms with Crippen LogP contribution in [0.1, 0.15) is 35.8 Å². The third kappa shape index (κ3) is 5.70. The van der Waals surface area contributed by atoms with Crippen molar-refractivity contribution >= 4 is 11.8 Å². The molecule has 0 fully saturated rings. The van der Waals surface area contributed by atoms with Gasteiger partial charge in [0.2, 0.25) is 5.91 Å². The highest BCUT2D eigenvalue weighted by Crippen LogP contribution is 2.19. The molecule has 5 heteroatoms. The molecule has 2 aromatic rings. The van der Waals surface area contributed by atoms with Crippen molar-refractivity contribution in [1.82, 2.24) is 15.5 Å². The van der Waals surface area contributed by atoms with Crippen LogP contribution in [0.25, 0.3) is 0 Å². The zero-order valence-electron chi connectivity index (χ0n) is 15.4. The lowest BCUT2D eigenvalue weighted by Gasteiger charge is -2.30. The van der Waals surface area contributed by atoms with E-state index in [2.05, 4.69) is 41.5 Å². The highest BCUT2D eigenvalue weighted by molar-refractivity contribution is 5.96. The van der Waals surface area contributed by atoms with Crippen LogP contribution in [0.3, 0.4) is 0 Å². The summed E-state index contributed by atoms with van der Waals surface area (Å²) in [5, 5.41) is 5.60. The average Bonchev–Trinajstić information content (AvgIpc) is 2.70. The number of rotatable bonds is 9. The van der Waals surface area contributed by atoms with Gasteiger partial charge in [0, 0.05) is 12.1 Å². The molecule has 1 atom stereocenters. The van der Waals surface area contributed by atoms with E-state index < -0.39 is 0 Å². The first kappa shape index (κ1) is 19.7. The Morgan fingerprint density at radius 2 is 1.46 bits per heavy atom. The topological polar surface area (TPSA) is 61.4 Å². The van der Waals surface area contributed by atoms with E-state index >= 15 is 0 Å².